The smallest absolute Gasteiger partial charge is 0.257 e. The second-order valence-electron chi connectivity index (χ2n) is 5.96. The van der Waals surface area contributed by atoms with Crippen LogP contribution in [0.2, 0.25) is 0 Å². The first-order valence-corrected chi connectivity index (χ1v) is 9.55. The van der Waals surface area contributed by atoms with Crippen LogP contribution in [-0.4, -0.2) is 38.9 Å². The topological polar surface area (TPSA) is 78.5 Å². The van der Waals surface area contributed by atoms with Gasteiger partial charge in [-0.2, -0.15) is 0 Å². The maximum atomic E-state index is 12.3. The highest BCUT2D eigenvalue weighted by atomic mass is 32.2. The zero-order valence-corrected chi connectivity index (χ0v) is 14.2. The Morgan fingerprint density at radius 1 is 1.04 bits per heavy atom. The normalized spacial score (nSPS) is 15.7. The molecular weight excluding hydrogens is 326 g/mol. The van der Waals surface area contributed by atoms with E-state index in [2.05, 4.69) is 15.2 Å². The van der Waals surface area contributed by atoms with Gasteiger partial charge in [0.1, 0.15) is 0 Å². The lowest BCUT2D eigenvalue weighted by molar-refractivity contribution is -0.121. The predicted molar refractivity (Wildman–Crippen MR) is 92.7 cm³/mol. The number of carbonyl (C=O) groups is 1. The first kappa shape index (κ1) is 16.9. The van der Waals surface area contributed by atoms with Crippen LogP contribution < -0.4 is 10.3 Å². The van der Waals surface area contributed by atoms with Crippen molar-refractivity contribution < 1.29 is 13.2 Å². The van der Waals surface area contributed by atoms with Crippen molar-refractivity contribution in [3.8, 4) is 0 Å². The largest absolute Gasteiger partial charge is 0.303 e. The van der Waals surface area contributed by atoms with E-state index in [1.807, 2.05) is 24.3 Å². The zero-order valence-electron chi connectivity index (χ0n) is 13.4. The van der Waals surface area contributed by atoms with E-state index >= 15 is 0 Å². The van der Waals surface area contributed by atoms with E-state index in [-0.39, 0.29) is 17.2 Å². The van der Waals surface area contributed by atoms with Crippen molar-refractivity contribution in [3.05, 3.63) is 42.5 Å². The Bertz CT molecular complexity index is 830. The number of nitrogens with zero attached hydrogens (tertiary/aromatic N) is 1. The molecule has 7 heteroatoms. The summed E-state index contributed by atoms with van der Waals surface area (Å²) in [6.07, 6.45) is 2.60. The van der Waals surface area contributed by atoms with Gasteiger partial charge in [-0.1, -0.05) is 30.3 Å². The van der Waals surface area contributed by atoms with Crippen LogP contribution in [0.4, 0.5) is 0 Å². The van der Waals surface area contributed by atoms with E-state index in [1.54, 1.807) is 12.1 Å². The fourth-order valence-electron chi connectivity index (χ4n) is 2.85. The van der Waals surface area contributed by atoms with Gasteiger partial charge < -0.3 is 4.90 Å². The van der Waals surface area contributed by atoms with Crippen LogP contribution in [0.15, 0.2) is 47.4 Å². The van der Waals surface area contributed by atoms with Crippen molar-refractivity contribution in [3.63, 3.8) is 0 Å². The fraction of sp³-hybridized carbons (Fsp3) is 0.353. The van der Waals surface area contributed by atoms with Crippen molar-refractivity contribution in [2.24, 2.45) is 0 Å². The molecule has 1 fully saturated rings. The minimum absolute atomic E-state index is 0.126. The van der Waals surface area contributed by atoms with Gasteiger partial charge in [0.2, 0.25) is 5.91 Å². The molecule has 0 aliphatic carbocycles. The highest BCUT2D eigenvalue weighted by Gasteiger charge is 2.17. The van der Waals surface area contributed by atoms with E-state index in [0.29, 0.717) is 6.54 Å². The van der Waals surface area contributed by atoms with Crippen molar-refractivity contribution in [1.82, 2.24) is 15.2 Å². The van der Waals surface area contributed by atoms with Crippen molar-refractivity contribution in [2.45, 2.75) is 24.2 Å². The van der Waals surface area contributed by atoms with Gasteiger partial charge in [-0.05, 0) is 48.8 Å². The zero-order chi connectivity index (χ0) is 17.0. The Labute approximate surface area is 141 Å². The summed E-state index contributed by atoms with van der Waals surface area (Å²) in [6.45, 7) is 2.68. The molecule has 2 aromatic rings. The Hall–Kier alpha value is -1.96. The summed E-state index contributed by atoms with van der Waals surface area (Å²) >= 11 is 0. The number of likely N-dealkylation sites (tertiary alicyclic amines) is 1. The highest BCUT2D eigenvalue weighted by Crippen LogP contribution is 2.18. The van der Waals surface area contributed by atoms with Crippen LogP contribution in [-0.2, 0) is 14.8 Å². The summed E-state index contributed by atoms with van der Waals surface area (Å²) in [5, 5.41) is 1.80. The minimum atomic E-state index is -3.78. The molecule has 0 aromatic heterocycles. The van der Waals surface area contributed by atoms with E-state index < -0.39 is 10.0 Å². The third kappa shape index (κ3) is 4.11. The average molecular weight is 347 g/mol. The third-order valence-corrected chi connectivity index (χ3v) is 5.46. The lowest BCUT2D eigenvalue weighted by Gasteiger charge is -2.14. The number of nitrogens with one attached hydrogen (secondary N) is 2. The molecule has 1 amide bonds. The van der Waals surface area contributed by atoms with Crippen LogP contribution in [0.1, 0.15) is 19.3 Å². The first-order valence-electron chi connectivity index (χ1n) is 8.06. The maximum Gasteiger partial charge on any atom is 0.257 e. The molecule has 1 aliphatic rings. The van der Waals surface area contributed by atoms with Gasteiger partial charge in [0, 0.05) is 13.0 Å². The van der Waals surface area contributed by atoms with Crippen LogP contribution in [0, 0.1) is 0 Å². The molecule has 1 saturated heterocycles. The number of fused-ring (bicyclic) bond motifs is 1. The number of sulfonamides is 1. The molecular formula is C17H21N3O3S. The summed E-state index contributed by atoms with van der Waals surface area (Å²) in [6, 6.07) is 12.4. The van der Waals surface area contributed by atoms with E-state index in [9.17, 15) is 13.2 Å². The molecule has 0 atom stereocenters. The minimum Gasteiger partial charge on any atom is -0.303 e. The number of hydrogen-bond acceptors (Lipinski definition) is 4. The van der Waals surface area contributed by atoms with E-state index in [1.165, 1.54) is 6.07 Å². The fourth-order valence-corrected chi connectivity index (χ4v) is 3.74. The molecule has 1 aliphatic heterocycles. The molecule has 24 heavy (non-hydrogen) atoms. The summed E-state index contributed by atoms with van der Waals surface area (Å²) in [5.41, 5.74) is 2.29. The number of hydrazine groups is 1. The molecule has 0 unspecified atom stereocenters. The lowest BCUT2D eigenvalue weighted by atomic mass is 10.1. The third-order valence-electron chi connectivity index (χ3n) is 4.21. The van der Waals surface area contributed by atoms with Gasteiger partial charge in [0.05, 0.1) is 4.90 Å². The molecule has 2 aromatic carbocycles. The molecule has 0 saturated carbocycles. The van der Waals surface area contributed by atoms with Crippen LogP contribution >= 0.6 is 0 Å². The van der Waals surface area contributed by atoms with E-state index in [0.717, 1.165) is 36.7 Å². The van der Waals surface area contributed by atoms with Gasteiger partial charge in [-0.3, -0.25) is 10.2 Å². The SMILES string of the molecule is O=C(CCN1CCCC1)NNS(=O)(=O)c1ccc2ccccc2c1. The van der Waals surface area contributed by atoms with Gasteiger partial charge in [0.25, 0.3) is 10.0 Å². The molecule has 6 nitrogen and oxygen atoms in total. The summed E-state index contributed by atoms with van der Waals surface area (Å²) in [5.74, 6) is -0.328. The van der Waals surface area contributed by atoms with Crippen LogP contribution in [0.5, 0.6) is 0 Å². The molecule has 0 radical (unpaired) electrons. The first-order chi connectivity index (χ1) is 11.5. The molecule has 3 rings (SSSR count). The number of amides is 1. The number of benzene rings is 2. The monoisotopic (exact) mass is 347 g/mol. The molecule has 0 spiro atoms. The summed E-state index contributed by atoms with van der Waals surface area (Å²) in [4.78, 5) is 16.3. The Morgan fingerprint density at radius 3 is 2.50 bits per heavy atom. The summed E-state index contributed by atoms with van der Waals surface area (Å²) < 4.78 is 24.6. The Kier molecular flexibility index (Phi) is 5.13. The van der Waals surface area contributed by atoms with Crippen molar-refractivity contribution in [2.75, 3.05) is 19.6 Å². The Balaban J connectivity index is 1.59. The number of hydrogen-bond donors (Lipinski definition) is 2. The molecule has 2 N–H and O–H groups in total. The number of carbonyl (C=O) groups excluding carboxylic acids is 1. The lowest BCUT2D eigenvalue weighted by Crippen LogP contribution is -2.42. The van der Waals surface area contributed by atoms with Crippen molar-refractivity contribution in [1.29, 1.82) is 0 Å². The van der Waals surface area contributed by atoms with E-state index in [4.69, 9.17) is 0 Å². The Morgan fingerprint density at radius 2 is 1.75 bits per heavy atom. The van der Waals surface area contributed by atoms with Gasteiger partial charge in [-0.25, -0.2) is 8.42 Å². The highest BCUT2D eigenvalue weighted by molar-refractivity contribution is 7.89. The molecule has 128 valence electrons. The van der Waals surface area contributed by atoms with Crippen LogP contribution in [0.25, 0.3) is 10.8 Å². The molecule has 1 heterocycles. The second kappa shape index (κ2) is 7.29. The van der Waals surface area contributed by atoms with Gasteiger partial charge in [-0.15, -0.1) is 4.83 Å². The summed E-state index contributed by atoms with van der Waals surface area (Å²) in [7, 11) is -3.78. The number of rotatable bonds is 6. The standard InChI is InChI=1S/C17H21N3O3S/c21-17(9-12-20-10-3-4-11-20)18-19-24(22,23)16-8-7-14-5-1-2-6-15(14)13-16/h1-2,5-8,13,19H,3-4,9-12H2,(H,18,21). The van der Waals surface area contributed by atoms with Crippen LogP contribution in [0.3, 0.4) is 0 Å². The quantitative estimate of drug-likeness (QED) is 0.779. The average Bonchev–Trinajstić information content (AvgIpc) is 3.11. The molecule has 0 bridgehead atoms. The van der Waals surface area contributed by atoms with Gasteiger partial charge in [0.15, 0.2) is 0 Å². The van der Waals surface area contributed by atoms with Gasteiger partial charge >= 0.3 is 0 Å². The van der Waals surface area contributed by atoms with Crippen molar-refractivity contribution >= 4 is 26.7 Å². The maximum absolute atomic E-state index is 12.3. The second-order valence-corrected chi connectivity index (χ2v) is 7.64. The predicted octanol–water partition coefficient (Wildman–Crippen LogP) is 1.64.